The first-order valence-electron chi connectivity index (χ1n) is 7.36. The van der Waals surface area contributed by atoms with E-state index in [1.54, 1.807) is 12.1 Å². The third kappa shape index (κ3) is 3.80. The van der Waals surface area contributed by atoms with Crippen molar-refractivity contribution in [2.45, 2.75) is 4.90 Å². The van der Waals surface area contributed by atoms with E-state index in [0.717, 1.165) is 30.9 Å². The van der Waals surface area contributed by atoms with Gasteiger partial charge in [0, 0.05) is 29.5 Å². The minimum atomic E-state index is -4.02. The van der Waals surface area contributed by atoms with Crippen molar-refractivity contribution in [2.24, 2.45) is 0 Å². The van der Waals surface area contributed by atoms with Crippen LogP contribution in [0.4, 0.5) is 15.8 Å². The van der Waals surface area contributed by atoms with Crippen molar-refractivity contribution < 1.29 is 17.5 Å². The van der Waals surface area contributed by atoms with Crippen LogP contribution in [0.2, 0.25) is 5.02 Å². The van der Waals surface area contributed by atoms with E-state index in [2.05, 4.69) is 9.62 Å². The van der Waals surface area contributed by atoms with Crippen LogP contribution in [0.3, 0.4) is 0 Å². The molecule has 0 saturated carbocycles. The monoisotopic (exact) mass is 370 g/mol. The minimum absolute atomic E-state index is 0.140. The summed E-state index contributed by atoms with van der Waals surface area (Å²) in [4.78, 5) is 1.71. The molecule has 1 fully saturated rings. The molecule has 1 saturated heterocycles. The van der Waals surface area contributed by atoms with Crippen molar-refractivity contribution in [3.63, 3.8) is 0 Å². The lowest BCUT2D eigenvalue weighted by Crippen LogP contribution is -2.36. The van der Waals surface area contributed by atoms with E-state index in [4.69, 9.17) is 16.3 Å². The predicted molar refractivity (Wildman–Crippen MR) is 91.7 cm³/mol. The summed E-state index contributed by atoms with van der Waals surface area (Å²) in [6.45, 7) is 2.93. The average Bonchev–Trinajstić information content (AvgIpc) is 2.55. The molecular formula is C16H16ClFN2O3S. The molecule has 1 aliphatic heterocycles. The predicted octanol–water partition coefficient (Wildman–Crippen LogP) is 3.12. The van der Waals surface area contributed by atoms with Crippen LogP contribution in [0, 0.1) is 5.82 Å². The van der Waals surface area contributed by atoms with E-state index < -0.39 is 20.7 Å². The quantitative estimate of drug-likeness (QED) is 0.898. The number of morpholine rings is 1. The Morgan fingerprint density at radius 3 is 2.38 bits per heavy atom. The van der Waals surface area contributed by atoms with Gasteiger partial charge in [-0.3, -0.25) is 4.72 Å². The van der Waals surface area contributed by atoms with Gasteiger partial charge in [-0.05, 0) is 42.5 Å². The lowest BCUT2D eigenvalue weighted by molar-refractivity contribution is 0.122. The fourth-order valence-electron chi connectivity index (χ4n) is 2.47. The summed E-state index contributed by atoms with van der Waals surface area (Å²) in [6.07, 6.45) is 0. The second-order valence-corrected chi connectivity index (χ2v) is 7.41. The standard InChI is InChI=1S/C16H16ClFN2O3S/c17-12-1-6-16(15(18)11-12)24(21,22)19-13-2-4-14(5-3-13)20-7-9-23-10-8-20/h1-6,11,19H,7-10H2. The van der Waals surface area contributed by atoms with E-state index in [1.165, 1.54) is 6.07 Å². The van der Waals surface area contributed by atoms with E-state index in [1.807, 2.05) is 12.1 Å². The number of halogens is 2. The molecule has 0 aliphatic carbocycles. The lowest BCUT2D eigenvalue weighted by atomic mass is 10.2. The molecule has 24 heavy (non-hydrogen) atoms. The minimum Gasteiger partial charge on any atom is -0.378 e. The summed E-state index contributed by atoms with van der Waals surface area (Å²) in [5, 5.41) is 0.140. The van der Waals surface area contributed by atoms with Crippen LogP contribution in [0.25, 0.3) is 0 Å². The maximum atomic E-state index is 13.8. The molecule has 5 nitrogen and oxygen atoms in total. The van der Waals surface area contributed by atoms with Gasteiger partial charge in [-0.15, -0.1) is 0 Å². The number of hydrogen-bond acceptors (Lipinski definition) is 4. The van der Waals surface area contributed by atoms with Gasteiger partial charge in [-0.2, -0.15) is 0 Å². The van der Waals surface area contributed by atoms with Gasteiger partial charge in [-0.1, -0.05) is 11.6 Å². The van der Waals surface area contributed by atoms with Gasteiger partial charge >= 0.3 is 0 Å². The molecule has 0 aromatic heterocycles. The van der Waals surface area contributed by atoms with Gasteiger partial charge in [0.15, 0.2) is 0 Å². The molecule has 8 heteroatoms. The first-order chi connectivity index (χ1) is 11.5. The molecule has 128 valence electrons. The zero-order valence-electron chi connectivity index (χ0n) is 12.7. The zero-order chi connectivity index (χ0) is 17.2. The van der Waals surface area contributed by atoms with Gasteiger partial charge in [0.1, 0.15) is 10.7 Å². The fourth-order valence-corrected chi connectivity index (χ4v) is 3.74. The highest BCUT2D eigenvalue weighted by Gasteiger charge is 2.19. The van der Waals surface area contributed by atoms with Crippen molar-refractivity contribution >= 4 is 33.0 Å². The molecular weight excluding hydrogens is 355 g/mol. The van der Waals surface area contributed by atoms with E-state index in [-0.39, 0.29) is 5.02 Å². The van der Waals surface area contributed by atoms with Crippen LogP contribution in [-0.2, 0) is 14.8 Å². The molecule has 1 heterocycles. The Morgan fingerprint density at radius 1 is 1.08 bits per heavy atom. The SMILES string of the molecule is O=S(=O)(Nc1ccc(N2CCOCC2)cc1)c1ccc(Cl)cc1F. The molecule has 0 bridgehead atoms. The van der Waals surface area contributed by atoms with Crippen LogP contribution in [-0.4, -0.2) is 34.7 Å². The Balaban J connectivity index is 1.77. The Kier molecular flexibility index (Phi) is 4.93. The lowest BCUT2D eigenvalue weighted by Gasteiger charge is -2.28. The summed E-state index contributed by atoms with van der Waals surface area (Å²) >= 11 is 5.65. The summed E-state index contributed by atoms with van der Waals surface area (Å²) in [5.74, 6) is -0.889. The van der Waals surface area contributed by atoms with Crippen molar-refractivity contribution in [1.29, 1.82) is 0 Å². The number of rotatable bonds is 4. The average molecular weight is 371 g/mol. The normalized spacial score (nSPS) is 15.3. The molecule has 0 spiro atoms. The Labute approximate surface area is 145 Å². The highest BCUT2D eigenvalue weighted by molar-refractivity contribution is 7.92. The molecule has 1 N–H and O–H groups in total. The smallest absolute Gasteiger partial charge is 0.264 e. The van der Waals surface area contributed by atoms with Crippen LogP contribution in [0.15, 0.2) is 47.4 Å². The van der Waals surface area contributed by atoms with Gasteiger partial charge in [0.2, 0.25) is 0 Å². The largest absolute Gasteiger partial charge is 0.378 e. The van der Waals surface area contributed by atoms with Crippen molar-refractivity contribution in [3.05, 3.63) is 53.3 Å². The second-order valence-electron chi connectivity index (χ2n) is 5.33. The van der Waals surface area contributed by atoms with Crippen LogP contribution < -0.4 is 9.62 Å². The van der Waals surface area contributed by atoms with E-state index in [9.17, 15) is 12.8 Å². The van der Waals surface area contributed by atoms with Crippen LogP contribution >= 0.6 is 11.6 Å². The van der Waals surface area contributed by atoms with Gasteiger partial charge in [-0.25, -0.2) is 12.8 Å². The van der Waals surface area contributed by atoms with Crippen molar-refractivity contribution in [3.8, 4) is 0 Å². The number of sulfonamides is 1. The maximum absolute atomic E-state index is 13.8. The number of benzene rings is 2. The number of nitrogens with one attached hydrogen (secondary N) is 1. The summed E-state index contributed by atoms with van der Waals surface area (Å²) in [6, 6.07) is 10.4. The Bertz CT molecular complexity index is 822. The van der Waals surface area contributed by atoms with Crippen molar-refractivity contribution in [2.75, 3.05) is 35.9 Å². The van der Waals surface area contributed by atoms with Crippen LogP contribution in [0.5, 0.6) is 0 Å². The molecule has 0 unspecified atom stereocenters. The summed E-state index contributed by atoms with van der Waals surface area (Å²) in [5.41, 5.74) is 1.35. The first-order valence-corrected chi connectivity index (χ1v) is 9.22. The second kappa shape index (κ2) is 6.96. The molecule has 2 aromatic carbocycles. The zero-order valence-corrected chi connectivity index (χ0v) is 14.3. The number of anilines is 2. The number of hydrogen-bond donors (Lipinski definition) is 1. The van der Waals surface area contributed by atoms with Crippen molar-refractivity contribution in [1.82, 2.24) is 0 Å². The number of ether oxygens (including phenoxy) is 1. The molecule has 2 aromatic rings. The highest BCUT2D eigenvalue weighted by Crippen LogP contribution is 2.24. The van der Waals surface area contributed by atoms with Crippen LogP contribution in [0.1, 0.15) is 0 Å². The Morgan fingerprint density at radius 2 is 1.75 bits per heavy atom. The topological polar surface area (TPSA) is 58.6 Å². The third-order valence-electron chi connectivity index (χ3n) is 3.68. The molecule has 0 amide bonds. The number of nitrogens with zero attached hydrogens (tertiary/aromatic N) is 1. The van der Waals surface area contributed by atoms with Gasteiger partial charge in [0.05, 0.1) is 13.2 Å². The molecule has 1 aliphatic rings. The van der Waals surface area contributed by atoms with E-state index >= 15 is 0 Å². The molecule has 0 radical (unpaired) electrons. The fraction of sp³-hybridized carbons (Fsp3) is 0.250. The Hall–Kier alpha value is -1.83. The maximum Gasteiger partial charge on any atom is 0.264 e. The summed E-state index contributed by atoms with van der Waals surface area (Å²) in [7, 11) is -4.02. The summed E-state index contributed by atoms with van der Waals surface area (Å²) < 4.78 is 46.1. The van der Waals surface area contributed by atoms with Gasteiger partial charge in [0.25, 0.3) is 10.0 Å². The third-order valence-corrected chi connectivity index (χ3v) is 5.33. The van der Waals surface area contributed by atoms with E-state index in [0.29, 0.717) is 18.9 Å². The molecule has 0 atom stereocenters. The van der Waals surface area contributed by atoms with Gasteiger partial charge < -0.3 is 9.64 Å². The first kappa shape index (κ1) is 17.0. The molecule has 3 rings (SSSR count). The highest BCUT2D eigenvalue weighted by atomic mass is 35.5.